The Morgan fingerprint density at radius 3 is 1.84 bits per heavy atom. The van der Waals surface area contributed by atoms with E-state index >= 15 is 0 Å². The molecule has 1 fully saturated rings. The van der Waals surface area contributed by atoms with Gasteiger partial charge in [0.25, 0.3) is 0 Å². The smallest absolute Gasteiger partial charge is 0.143 e. The summed E-state index contributed by atoms with van der Waals surface area (Å²) in [5.74, 6) is 1.55. The molecule has 32 heavy (non-hydrogen) atoms. The maximum absolute atomic E-state index is 10.5. The summed E-state index contributed by atoms with van der Waals surface area (Å²) in [6, 6.07) is 26.0. The van der Waals surface area contributed by atoms with Crippen LogP contribution in [0.4, 0.5) is 0 Å². The molecule has 1 heterocycles. The highest BCUT2D eigenvalue weighted by Crippen LogP contribution is 2.42. The minimum atomic E-state index is -0.902. The third kappa shape index (κ3) is 4.51. The van der Waals surface area contributed by atoms with Gasteiger partial charge in [0.15, 0.2) is 0 Å². The lowest BCUT2D eigenvalue weighted by Crippen LogP contribution is -2.42. The molecular weight excluding hydrogens is 404 g/mol. The van der Waals surface area contributed by atoms with Crippen LogP contribution < -0.4 is 9.47 Å². The van der Waals surface area contributed by atoms with E-state index in [2.05, 4.69) is 12.1 Å². The second kappa shape index (κ2) is 10.2. The van der Waals surface area contributed by atoms with Gasteiger partial charge in [-0.2, -0.15) is 0 Å². The molecular formula is C27H30O5. The van der Waals surface area contributed by atoms with Gasteiger partial charge in [0, 0.05) is 6.61 Å². The maximum atomic E-state index is 10.5. The van der Waals surface area contributed by atoms with Crippen LogP contribution in [0, 0.1) is 0 Å². The molecule has 5 nitrogen and oxygen atoms in total. The molecule has 168 valence electrons. The summed E-state index contributed by atoms with van der Waals surface area (Å²) in [6.07, 6.45) is 0.669. The Labute approximate surface area is 189 Å². The molecule has 0 unspecified atom stereocenters. The van der Waals surface area contributed by atoms with Crippen LogP contribution in [0.5, 0.6) is 11.5 Å². The van der Waals surface area contributed by atoms with Crippen LogP contribution in [0.2, 0.25) is 0 Å². The lowest BCUT2D eigenvalue weighted by atomic mass is 9.80. The number of hydrogen-bond acceptors (Lipinski definition) is 5. The van der Waals surface area contributed by atoms with Crippen molar-refractivity contribution < 1.29 is 24.1 Å². The monoisotopic (exact) mass is 434 g/mol. The van der Waals surface area contributed by atoms with E-state index in [0.717, 1.165) is 41.0 Å². The van der Waals surface area contributed by atoms with Gasteiger partial charge in [0.2, 0.25) is 0 Å². The zero-order valence-electron chi connectivity index (χ0n) is 18.6. The minimum absolute atomic E-state index is 0.258. The van der Waals surface area contributed by atoms with Crippen LogP contribution in [-0.4, -0.2) is 44.7 Å². The van der Waals surface area contributed by atoms with Crippen molar-refractivity contribution in [3.05, 3.63) is 95.6 Å². The molecule has 0 radical (unpaired) electrons. The predicted octanol–water partition coefficient (Wildman–Crippen LogP) is 4.55. The summed E-state index contributed by atoms with van der Waals surface area (Å²) in [7, 11) is 3.31. The Bertz CT molecular complexity index is 922. The normalized spacial score (nSPS) is 18.8. The van der Waals surface area contributed by atoms with Crippen molar-refractivity contribution in [2.45, 2.75) is 30.7 Å². The largest absolute Gasteiger partial charge is 0.497 e. The molecule has 1 saturated heterocycles. The fraction of sp³-hybridized carbons (Fsp3) is 0.333. The molecule has 0 bridgehead atoms. The molecule has 1 N–H and O–H groups in total. The van der Waals surface area contributed by atoms with Crippen molar-refractivity contribution in [3.8, 4) is 11.5 Å². The van der Waals surface area contributed by atoms with Gasteiger partial charge in [-0.1, -0.05) is 54.6 Å². The number of methoxy groups -OCH3 is 2. The average Bonchev–Trinajstić information content (AvgIpc) is 2.87. The van der Waals surface area contributed by atoms with E-state index in [9.17, 15) is 5.11 Å². The van der Waals surface area contributed by atoms with Gasteiger partial charge >= 0.3 is 0 Å². The van der Waals surface area contributed by atoms with Crippen LogP contribution in [0.3, 0.4) is 0 Å². The van der Waals surface area contributed by atoms with E-state index in [4.69, 9.17) is 18.9 Å². The number of rotatable bonds is 8. The van der Waals surface area contributed by atoms with Crippen molar-refractivity contribution in [2.75, 3.05) is 27.4 Å². The summed E-state index contributed by atoms with van der Waals surface area (Å²) in [6.45, 7) is 0.891. The fourth-order valence-electron chi connectivity index (χ4n) is 4.26. The number of benzene rings is 3. The van der Waals surface area contributed by atoms with E-state index in [0.29, 0.717) is 6.61 Å². The summed E-state index contributed by atoms with van der Waals surface area (Å²) < 4.78 is 23.4. The molecule has 0 amide bonds. The minimum Gasteiger partial charge on any atom is -0.497 e. The second-order valence-corrected chi connectivity index (χ2v) is 7.93. The van der Waals surface area contributed by atoms with Gasteiger partial charge in [-0.05, 0) is 53.8 Å². The first-order valence-electron chi connectivity index (χ1n) is 11.0. The summed E-state index contributed by atoms with van der Waals surface area (Å²) in [5, 5.41) is 10.5. The first kappa shape index (κ1) is 22.3. The van der Waals surface area contributed by atoms with Crippen molar-refractivity contribution in [1.82, 2.24) is 0 Å². The summed E-state index contributed by atoms with van der Waals surface area (Å²) in [4.78, 5) is 0. The average molecular weight is 435 g/mol. The highest BCUT2D eigenvalue weighted by molar-refractivity contribution is 5.49. The van der Waals surface area contributed by atoms with Crippen molar-refractivity contribution in [3.63, 3.8) is 0 Å². The molecule has 5 heteroatoms. The third-order valence-corrected chi connectivity index (χ3v) is 6.04. The standard InChI is InChI=1S/C27H30O5/c1-29-23-14-10-21(11-15-23)27(20-7-4-3-5-8-20,22-12-16-24(30-2)17-13-22)32-19-26-25(28)9-6-18-31-26/h3-5,7-8,10-17,25-26,28H,6,9,18-19H2,1-2H3/t25-,26+/m0/s1. The van der Waals surface area contributed by atoms with Gasteiger partial charge in [-0.25, -0.2) is 0 Å². The zero-order valence-corrected chi connectivity index (χ0v) is 18.6. The molecule has 0 spiro atoms. The van der Waals surface area contributed by atoms with Gasteiger partial charge in [-0.15, -0.1) is 0 Å². The van der Waals surface area contributed by atoms with Crippen LogP contribution in [0.15, 0.2) is 78.9 Å². The first-order valence-corrected chi connectivity index (χ1v) is 11.0. The Kier molecular flexibility index (Phi) is 7.10. The molecule has 0 saturated carbocycles. The van der Waals surface area contributed by atoms with E-state index in [1.54, 1.807) is 14.2 Å². The number of aliphatic hydroxyl groups excluding tert-OH is 1. The summed E-state index contributed by atoms with van der Waals surface area (Å²) >= 11 is 0. The van der Waals surface area contributed by atoms with Crippen LogP contribution in [0.25, 0.3) is 0 Å². The van der Waals surface area contributed by atoms with Crippen LogP contribution in [0.1, 0.15) is 29.5 Å². The maximum Gasteiger partial charge on any atom is 0.143 e. The number of hydrogen-bond donors (Lipinski definition) is 1. The second-order valence-electron chi connectivity index (χ2n) is 7.93. The van der Waals surface area contributed by atoms with Crippen LogP contribution >= 0.6 is 0 Å². The predicted molar refractivity (Wildman–Crippen MR) is 123 cm³/mol. The van der Waals surface area contributed by atoms with Gasteiger partial charge in [0.05, 0.1) is 26.9 Å². The molecule has 4 rings (SSSR count). The van der Waals surface area contributed by atoms with E-state index in [1.165, 1.54) is 0 Å². The summed E-state index contributed by atoms with van der Waals surface area (Å²) in [5.41, 5.74) is 2.00. The van der Waals surface area contributed by atoms with Gasteiger partial charge in [0.1, 0.15) is 23.2 Å². The van der Waals surface area contributed by atoms with Gasteiger partial charge in [-0.3, -0.25) is 0 Å². The van der Waals surface area contributed by atoms with Crippen molar-refractivity contribution >= 4 is 0 Å². The Morgan fingerprint density at radius 2 is 1.34 bits per heavy atom. The van der Waals surface area contributed by atoms with Crippen molar-refractivity contribution in [2.24, 2.45) is 0 Å². The number of ether oxygens (including phenoxy) is 4. The SMILES string of the molecule is COc1ccc(C(OC[C@H]2OCCC[C@@H]2O)(c2ccccc2)c2ccc(OC)cc2)cc1. The lowest BCUT2D eigenvalue weighted by molar-refractivity contribution is -0.128. The highest BCUT2D eigenvalue weighted by Gasteiger charge is 2.39. The molecule has 1 aliphatic heterocycles. The lowest BCUT2D eigenvalue weighted by Gasteiger charge is -2.38. The molecule has 1 aliphatic rings. The molecule has 3 aromatic carbocycles. The number of aliphatic hydroxyl groups is 1. The topological polar surface area (TPSA) is 57.2 Å². The Morgan fingerprint density at radius 1 is 0.812 bits per heavy atom. The van der Waals surface area contributed by atoms with Gasteiger partial charge < -0.3 is 24.1 Å². The quantitative estimate of drug-likeness (QED) is 0.527. The first-order chi connectivity index (χ1) is 15.7. The van der Waals surface area contributed by atoms with E-state index < -0.39 is 11.7 Å². The Hall–Kier alpha value is -2.86. The highest BCUT2D eigenvalue weighted by atomic mass is 16.6. The molecule has 0 aliphatic carbocycles. The molecule has 3 aromatic rings. The zero-order chi connectivity index (χ0) is 22.4. The van der Waals surface area contributed by atoms with E-state index in [1.807, 2.05) is 66.7 Å². The van der Waals surface area contributed by atoms with Crippen molar-refractivity contribution in [1.29, 1.82) is 0 Å². The molecule has 0 aromatic heterocycles. The van der Waals surface area contributed by atoms with Crippen LogP contribution in [-0.2, 0) is 15.1 Å². The van der Waals surface area contributed by atoms with E-state index in [-0.39, 0.29) is 12.7 Å². The molecule has 2 atom stereocenters. The Balaban J connectivity index is 1.83. The fourth-order valence-corrected chi connectivity index (χ4v) is 4.26. The third-order valence-electron chi connectivity index (χ3n) is 6.04.